The summed E-state index contributed by atoms with van der Waals surface area (Å²) in [6.45, 7) is 3.83. The molecule has 0 aliphatic rings. The van der Waals surface area contributed by atoms with Gasteiger partial charge in [0.1, 0.15) is 4.90 Å². The summed E-state index contributed by atoms with van der Waals surface area (Å²) in [5, 5.41) is 0.720. The number of benzene rings is 1. The van der Waals surface area contributed by atoms with Crippen LogP contribution in [-0.4, -0.2) is 13.0 Å². The molecule has 0 unspecified atom stereocenters. The number of halogens is 1. The minimum absolute atomic E-state index is 0.188. The zero-order valence-electron chi connectivity index (χ0n) is 9.28. The summed E-state index contributed by atoms with van der Waals surface area (Å²) < 4.78 is 24.8. The maximum Gasteiger partial charge on any atom is 0.263 e. The summed E-state index contributed by atoms with van der Waals surface area (Å²) in [7, 11) is 3.56. The van der Waals surface area contributed by atoms with Crippen LogP contribution in [0.1, 0.15) is 11.1 Å². The van der Waals surface area contributed by atoms with E-state index in [9.17, 15) is 8.42 Å². The molecule has 16 heavy (non-hydrogen) atoms. The molecule has 0 atom stereocenters. The van der Waals surface area contributed by atoms with E-state index in [1.54, 1.807) is 10.8 Å². The second-order valence-electron chi connectivity index (χ2n) is 3.97. The van der Waals surface area contributed by atoms with E-state index in [4.69, 9.17) is 10.7 Å². The molecule has 0 aliphatic heterocycles. The van der Waals surface area contributed by atoms with Crippen molar-refractivity contribution in [3.05, 3.63) is 29.5 Å². The van der Waals surface area contributed by atoms with Crippen LogP contribution >= 0.6 is 10.7 Å². The topological polar surface area (TPSA) is 39.1 Å². The molecule has 1 aromatic carbocycles. The number of hydrogen-bond donors (Lipinski definition) is 0. The first-order chi connectivity index (χ1) is 7.32. The third-order valence-corrected chi connectivity index (χ3v) is 4.09. The number of fused-ring (bicyclic) bond motifs is 1. The Morgan fingerprint density at radius 3 is 2.31 bits per heavy atom. The van der Waals surface area contributed by atoms with E-state index in [0.717, 1.165) is 22.0 Å². The molecular weight excluding hydrogens is 246 g/mol. The first-order valence-corrected chi connectivity index (χ1v) is 7.13. The van der Waals surface area contributed by atoms with Gasteiger partial charge in [-0.15, -0.1) is 0 Å². The highest BCUT2D eigenvalue weighted by Crippen LogP contribution is 2.31. The molecule has 2 rings (SSSR count). The molecule has 86 valence electrons. The van der Waals surface area contributed by atoms with Crippen LogP contribution in [0.2, 0.25) is 0 Å². The van der Waals surface area contributed by atoms with Crippen LogP contribution in [0.15, 0.2) is 23.2 Å². The molecule has 3 nitrogen and oxygen atoms in total. The van der Waals surface area contributed by atoms with Gasteiger partial charge in [0, 0.05) is 29.3 Å². The van der Waals surface area contributed by atoms with Gasteiger partial charge in [-0.25, -0.2) is 8.42 Å². The monoisotopic (exact) mass is 257 g/mol. The summed E-state index contributed by atoms with van der Waals surface area (Å²) in [5.74, 6) is 0. The summed E-state index contributed by atoms with van der Waals surface area (Å²) in [6, 6.07) is 3.88. The lowest BCUT2D eigenvalue weighted by Gasteiger charge is -2.03. The lowest BCUT2D eigenvalue weighted by Crippen LogP contribution is -1.90. The molecule has 0 amide bonds. The van der Waals surface area contributed by atoms with E-state index >= 15 is 0 Å². The number of hydrogen-bond acceptors (Lipinski definition) is 2. The van der Waals surface area contributed by atoms with Gasteiger partial charge in [-0.3, -0.25) is 0 Å². The van der Waals surface area contributed by atoms with Crippen LogP contribution in [0.3, 0.4) is 0 Å². The second kappa shape index (κ2) is 3.50. The SMILES string of the molecule is Cc1ccc(C)c2c1c(S(=O)(=O)Cl)cn2C. The van der Waals surface area contributed by atoms with Crippen molar-refractivity contribution in [1.82, 2.24) is 4.57 Å². The summed E-state index contributed by atoms with van der Waals surface area (Å²) in [5.41, 5.74) is 2.87. The Balaban J connectivity index is 3.06. The molecule has 0 bridgehead atoms. The Morgan fingerprint density at radius 1 is 1.19 bits per heavy atom. The Morgan fingerprint density at radius 2 is 1.75 bits per heavy atom. The highest BCUT2D eigenvalue weighted by Gasteiger charge is 2.20. The van der Waals surface area contributed by atoms with Crippen molar-refractivity contribution in [3.63, 3.8) is 0 Å². The van der Waals surface area contributed by atoms with Crippen molar-refractivity contribution in [2.24, 2.45) is 7.05 Å². The Kier molecular flexibility index (Phi) is 2.51. The Hall–Kier alpha value is -1.00. The predicted octanol–water partition coefficient (Wildman–Crippen LogP) is 2.72. The van der Waals surface area contributed by atoms with E-state index in [1.807, 2.05) is 33.0 Å². The van der Waals surface area contributed by atoms with Crippen LogP contribution in [0, 0.1) is 13.8 Å². The zero-order valence-corrected chi connectivity index (χ0v) is 10.9. The third kappa shape index (κ3) is 1.62. The molecule has 0 fully saturated rings. The fourth-order valence-corrected chi connectivity index (χ4v) is 3.19. The van der Waals surface area contributed by atoms with Crippen molar-refractivity contribution in [2.45, 2.75) is 18.7 Å². The number of rotatable bonds is 1. The fraction of sp³-hybridized carbons (Fsp3) is 0.273. The van der Waals surface area contributed by atoms with Gasteiger partial charge in [-0.05, 0) is 25.0 Å². The van der Waals surface area contributed by atoms with E-state index in [1.165, 1.54) is 0 Å². The van der Waals surface area contributed by atoms with Gasteiger partial charge in [0.25, 0.3) is 9.05 Å². The largest absolute Gasteiger partial charge is 0.349 e. The van der Waals surface area contributed by atoms with Gasteiger partial charge < -0.3 is 4.57 Å². The second-order valence-corrected chi connectivity index (χ2v) is 6.50. The van der Waals surface area contributed by atoms with Crippen molar-refractivity contribution in [1.29, 1.82) is 0 Å². The summed E-state index contributed by atoms with van der Waals surface area (Å²) in [4.78, 5) is 0.188. The maximum absolute atomic E-state index is 11.5. The van der Waals surface area contributed by atoms with E-state index in [0.29, 0.717) is 0 Å². The van der Waals surface area contributed by atoms with E-state index in [-0.39, 0.29) is 4.90 Å². The molecule has 0 saturated heterocycles. The number of aromatic nitrogens is 1. The molecule has 0 spiro atoms. The zero-order chi connectivity index (χ0) is 12.1. The fourth-order valence-electron chi connectivity index (χ4n) is 2.05. The molecule has 2 aromatic rings. The van der Waals surface area contributed by atoms with Crippen molar-refractivity contribution < 1.29 is 8.42 Å². The van der Waals surface area contributed by atoms with Crippen molar-refractivity contribution in [3.8, 4) is 0 Å². The summed E-state index contributed by atoms with van der Waals surface area (Å²) in [6.07, 6.45) is 1.56. The average molecular weight is 258 g/mol. The first kappa shape index (κ1) is 11.5. The molecule has 0 saturated carbocycles. The Bertz CT molecular complexity index is 671. The summed E-state index contributed by atoms with van der Waals surface area (Å²) >= 11 is 0. The highest BCUT2D eigenvalue weighted by atomic mass is 35.7. The van der Waals surface area contributed by atoms with Gasteiger partial charge in [0.2, 0.25) is 0 Å². The lowest BCUT2D eigenvalue weighted by atomic mass is 10.1. The molecule has 1 aromatic heterocycles. The smallest absolute Gasteiger partial charge is 0.263 e. The first-order valence-electron chi connectivity index (χ1n) is 4.82. The normalized spacial score (nSPS) is 12.2. The van der Waals surface area contributed by atoms with Gasteiger partial charge in [-0.1, -0.05) is 12.1 Å². The minimum Gasteiger partial charge on any atom is -0.349 e. The van der Waals surface area contributed by atoms with Crippen molar-refractivity contribution in [2.75, 3.05) is 0 Å². The van der Waals surface area contributed by atoms with Gasteiger partial charge in [-0.2, -0.15) is 0 Å². The number of aryl methyl sites for hydroxylation is 3. The van der Waals surface area contributed by atoms with Crippen LogP contribution in [0.4, 0.5) is 0 Å². The molecule has 0 aliphatic carbocycles. The molecule has 1 heterocycles. The molecule has 0 radical (unpaired) electrons. The van der Waals surface area contributed by atoms with Gasteiger partial charge in [0.05, 0.1) is 5.52 Å². The third-order valence-electron chi connectivity index (χ3n) is 2.76. The molecule has 0 N–H and O–H groups in total. The van der Waals surface area contributed by atoms with Crippen LogP contribution in [0.25, 0.3) is 10.9 Å². The van der Waals surface area contributed by atoms with E-state index in [2.05, 4.69) is 0 Å². The molecule has 5 heteroatoms. The lowest BCUT2D eigenvalue weighted by molar-refractivity contribution is 0.610. The predicted molar refractivity (Wildman–Crippen MR) is 65.4 cm³/mol. The quantitative estimate of drug-likeness (QED) is 0.737. The minimum atomic E-state index is -3.70. The average Bonchev–Trinajstić information content (AvgIpc) is 2.51. The molecular formula is C11H12ClNO2S. The maximum atomic E-state index is 11.5. The van der Waals surface area contributed by atoms with Gasteiger partial charge in [0.15, 0.2) is 0 Å². The number of nitrogens with zero attached hydrogens (tertiary/aromatic N) is 1. The van der Waals surface area contributed by atoms with Crippen LogP contribution < -0.4 is 0 Å². The Labute approximate surface area is 99.1 Å². The van der Waals surface area contributed by atoms with Crippen LogP contribution in [0.5, 0.6) is 0 Å². The van der Waals surface area contributed by atoms with Crippen LogP contribution in [-0.2, 0) is 16.1 Å². The highest BCUT2D eigenvalue weighted by molar-refractivity contribution is 8.14. The van der Waals surface area contributed by atoms with Crippen molar-refractivity contribution >= 4 is 30.6 Å². The van der Waals surface area contributed by atoms with Gasteiger partial charge >= 0.3 is 0 Å². The standard InChI is InChI=1S/C11H12ClNO2S/c1-7-4-5-8(2)11-10(7)9(6-13(11)3)16(12,14)15/h4-6H,1-3H3. The van der Waals surface area contributed by atoms with E-state index < -0.39 is 9.05 Å².